The SMILES string of the molecule is O=Cc1cccc(-c2ccc3ccccc3c2O)c1O. The molecule has 3 rings (SSSR count). The van der Waals surface area contributed by atoms with Gasteiger partial charge in [0.2, 0.25) is 0 Å². The lowest BCUT2D eigenvalue weighted by Gasteiger charge is -2.10. The van der Waals surface area contributed by atoms with Crippen LogP contribution in [0.5, 0.6) is 11.5 Å². The van der Waals surface area contributed by atoms with Gasteiger partial charge in [-0.3, -0.25) is 4.79 Å². The summed E-state index contributed by atoms with van der Waals surface area (Å²) in [4.78, 5) is 10.9. The minimum Gasteiger partial charge on any atom is -0.507 e. The van der Waals surface area contributed by atoms with Crippen molar-refractivity contribution >= 4 is 17.1 Å². The lowest BCUT2D eigenvalue weighted by atomic mass is 9.97. The molecule has 0 unspecified atom stereocenters. The largest absolute Gasteiger partial charge is 0.507 e. The summed E-state index contributed by atoms with van der Waals surface area (Å²) in [6.07, 6.45) is 0.594. The summed E-state index contributed by atoms with van der Waals surface area (Å²) >= 11 is 0. The fraction of sp³-hybridized carbons (Fsp3) is 0. The second-order valence-corrected chi connectivity index (χ2v) is 4.54. The van der Waals surface area contributed by atoms with Gasteiger partial charge in [-0.05, 0) is 17.5 Å². The predicted molar refractivity (Wildman–Crippen MR) is 78.1 cm³/mol. The summed E-state index contributed by atoms with van der Waals surface area (Å²) in [5, 5.41) is 22.1. The van der Waals surface area contributed by atoms with Crippen LogP contribution in [-0.2, 0) is 0 Å². The van der Waals surface area contributed by atoms with Crippen LogP contribution in [0.25, 0.3) is 21.9 Å². The van der Waals surface area contributed by atoms with E-state index in [1.165, 1.54) is 6.07 Å². The molecule has 0 spiro atoms. The summed E-state index contributed by atoms with van der Waals surface area (Å²) < 4.78 is 0. The molecule has 0 saturated heterocycles. The van der Waals surface area contributed by atoms with E-state index in [-0.39, 0.29) is 17.1 Å². The van der Waals surface area contributed by atoms with Crippen molar-refractivity contribution in [2.75, 3.05) is 0 Å². The van der Waals surface area contributed by atoms with Crippen LogP contribution in [0, 0.1) is 0 Å². The molecule has 0 atom stereocenters. The zero-order valence-electron chi connectivity index (χ0n) is 10.6. The number of para-hydroxylation sites is 1. The van der Waals surface area contributed by atoms with E-state index >= 15 is 0 Å². The van der Waals surface area contributed by atoms with Crippen molar-refractivity contribution in [3.63, 3.8) is 0 Å². The molecule has 0 saturated carbocycles. The van der Waals surface area contributed by atoms with Crippen LogP contribution in [0.1, 0.15) is 10.4 Å². The fourth-order valence-corrected chi connectivity index (χ4v) is 2.35. The average molecular weight is 264 g/mol. The number of aromatic hydroxyl groups is 2. The van der Waals surface area contributed by atoms with Crippen molar-refractivity contribution in [2.24, 2.45) is 0 Å². The number of rotatable bonds is 2. The van der Waals surface area contributed by atoms with Crippen molar-refractivity contribution in [2.45, 2.75) is 0 Å². The minimum atomic E-state index is -0.118. The number of carbonyl (C=O) groups excluding carboxylic acids is 1. The molecule has 0 aromatic heterocycles. The number of hydrogen-bond acceptors (Lipinski definition) is 3. The van der Waals surface area contributed by atoms with Crippen molar-refractivity contribution in [1.29, 1.82) is 0 Å². The summed E-state index contributed by atoms with van der Waals surface area (Å²) in [5.74, 6) is -0.0190. The van der Waals surface area contributed by atoms with Gasteiger partial charge in [-0.25, -0.2) is 0 Å². The Bertz CT molecular complexity index is 806. The lowest BCUT2D eigenvalue weighted by molar-refractivity contribution is 0.112. The topological polar surface area (TPSA) is 57.5 Å². The summed E-state index contributed by atoms with van der Waals surface area (Å²) in [7, 11) is 0. The third-order valence-electron chi connectivity index (χ3n) is 3.38. The highest BCUT2D eigenvalue weighted by atomic mass is 16.3. The highest BCUT2D eigenvalue weighted by molar-refractivity contribution is 5.96. The number of aldehydes is 1. The van der Waals surface area contributed by atoms with E-state index in [1.807, 2.05) is 30.3 Å². The second kappa shape index (κ2) is 4.70. The number of fused-ring (bicyclic) bond motifs is 1. The third kappa shape index (κ3) is 1.80. The highest BCUT2D eigenvalue weighted by Gasteiger charge is 2.13. The van der Waals surface area contributed by atoms with E-state index in [4.69, 9.17) is 0 Å². The normalized spacial score (nSPS) is 10.6. The van der Waals surface area contributed by atoms with Crippen LogP contribution >= 0.6 is 0 Å². The van der Waals surface area contributed by atoms with Gasteiger partial charge >= 0.3 is 0 Å². The molecule has 0 bridgehead atoms. The van der Waals surface area contributed by atoms with Gasteiger partial charge in [0.1, 0.15) is 11.5 Å². The first-order valence-electron chi connectivity index (χ1n) is 6.20. The third-order valence-corrected chi connectivity index (χ3v) is 3.38. The molecule has 2 N–H and O–H groups in total. The fourth-order valence-electron chi connectivity index (χ4n) is 2.35. The number of benzene rings is 3. The number of phenols is 2. The molecule has 3 heteroatoms. The molecule has 98 valence electrons. The Kier molecular flexibility index (Phi) is 2.88. The van der Waals surface area contributed by atoms with E-state index in [0.717, 1.165) is 5.39 Å². The van der Waals surface area contributed by atoms with Gasteiger partial charge in [0, 0.05) is 16.5 Å². The first-order valence-corrected chi connectivity index (χ1v) is 6.20. The summed E-state index contributed by atoms with van der Waals surface area (Å²) in [6, 6.07) is 15.9. The van der Waals surface area contributed by atoms with Crippen LogP contribution in [0.3, 0.4) is 0 Å². The molecule has 3 aromatic rings. The smallest absolute Gasteiger partial charge is 0.153 e. The Balaban J connectivity index is 2.30. The molecule has 0 aliphatic rings. The van der Waals surface area contributed by atoms with Gasteiger partial charge in [0.05, 0.1) is 5.56 Å². The molecule has 0 amide bonds. The molecular formula is C17H12O3. The molecule has 0 heterocycles. The van der Waals surface area contributed by atoms with Crippen molar-refractivity contribution in [1.82, 2.24) is 0 Å². The van der Waals surface area contributed by atoms with Crippen LogP contribution in [-0.4, -0.2) is 16.5 Å². The monoisotopic (exact) mass is 264 g/mol. The summed E-state index contributed by atoms with van der Waals surface area (Å²) in [6.45, 7) is 0. The molecule has 0 aliphatic carbocycles. The zero-order valence-corrected chi connectivity index (χ0v) is 10.6. The van der Waals surface area contributed by atoms with Gasteiger partial charge in [0.25, 0.3) is 0 Å². The van der Waals surface area contributed by atoms with Gasteiger partial charge in [-0.1, -0.05) is 42.5 Å². The Morgan fingerprint density at radius 1 is 0.750 bits per heavy atom. The van der Waals surface area contributed by atoms with E-state index in [9.17, 15) is 15.0 Å². The van der Waals surface area contributed by atoms with Crippen molar-refractivity contribution < 1.29 is 15.0 Å². The van der Waals surface area contributed by atoms with Crippen LogP contribution < -0.4 is 0 Å². The zero-order chi connectivity index (χ0) is 14.1. The number of hydrogen-bond donors (Lipinski definition) is 2. The lowest BCUT2D eigenvalue weighted by Crippen LogP contribution is -1.87. The maximum Gasteiger partial charge on any atom is 0.153 e. The molecular weight excluding hydrogens is 252 g/mol. The first-order chi connectivity index (χ1) is 9.72. The quantitative estimate of drug-likeness (QED) is 0.693. The van der Waals surface area contributed by atoms with E-state index < -0.39 is 0 Å². The standard InChI is InChI=1S/C17H12O3/c18-10-12-5-3-7-14(16(12)19)15-9-8-11-4-1-2-6-13(11)17(15)20/h1-10,19-20H. The van der Waals surface area contributed by atoms with Crippen LogP contribution in [0.15, 0.2) is 54.6 Å². The van der Waals surface area contributed by atoms with Gasteiger partial charge < -0.3 is 10.2 Å². The van der Waals surface area contributed by atoms with Crippen LogP contribution in [0.2, 0.25) is 0 Å². The molecule has 3 nitrogen and oxygen atoms in total. The predicted octanol–water partition coefficient (Wildman–Crippen LogP) is 3.73. The van der Waals surface area contributed by atoms with E-state index in [2.05, 4.69) is 0 Å². The molecule has 0 radical (unpaired) electrons. The number of phenolic OH excluding ortho intramolecular Hbond substituents is 2. The van der Waals surface area contributed by atoms with E-state index in [0.29, 0.717) is 22.8 Å². The van der Waals surface area contributed by atoms with Crippen molar-refractivity contribution in [3.8, 4) is 22.6 Å². The number of carbonyl (C=O) groups is 1. The Morgan fingerprint density at radius 2 is 1.50 bits per heavy atom. The highest BCUT2D eigenvalue weighted by Crippen LogP contribution is 2.40. The average Bonchev–Trinajstić information content (AvgIpc) is 2.49. The molecule has 3 aromatic carbocycles. The van der Waals surface area contributed by atoms with Crippen molar-refractivity contribution in [3.05, 3.63) is 60.2 Å². The Labute approximate surface area is 115 Å². The van der Waals surface area contributed by atoms with Gasteiger partial charge in [-0.15, -0.1) is 0 Å². The molecule has 0 aliphatic heterocycles. The maximum absolute atomic E-state index is 10.9. The molecule has 20 heavy (non-hydrogen) atoms. The first kappa shape index (κ1) is 12.2. The minimum absolute atomic E-state index is 0.0986. The molecule has 0 fully saturated rings. The van der Waals surface area contributed by atoms with Gasteiger partial charge in [0.15, 0.2) is 6.29 Å². The maximum atomic E-state index is 10.9. The van der Waals surface area contributed by atoms with E-state index in [1.54, 1.807) is 18.2 Å². The van der Waals surface area contributed by atoms with Gasteiger partial charge in [-0.2, -0.15) is 0 Å². The Morgan fingerprint density at radius 3 is 2.30 bits per heavy atom. The summed E-state index contributed by atoms with van der Waals surface area (Å²) in [5.41, 5.74) is 1.15. The second-order valence-electron chi connectivity index (χ2n) is 4.54. The van der Waals surface area contributed by atoms with Crippen LogP contribution in [0.4, 0.5) is 0 Å². The Hall–Kier alpha value is -2.81.